The lowest BCUT2D eigenvalue weighted by atomic mass is 9.78. The van der Waals surface area contributed by atoms with Crippen molar-refractivity contribution in [2.45, 2.75) is 147 Å². The highest BCUT2D eigenvalue weighted by Gasteiger charge is 2.30. The van der Waals surface area contributed by atoms with E-state index in [1.165, 1.54) is 69.5 Å². The van der Waals surface area contributed by atoms with Crippen molar-refractivity contribution in [3.8, 4) is 0 Å². The zero-order chi connectivity index (χ0) is 83.1. The molecule has 7 unspecified atom stereocenters. The van der Waals surface area contributed by atoms with E-state index in [1.54, 1.807) is 72.4 Å². The van der Waals surface area contributed by atoms with E-state index in [2.05, 4.69) is 191 Å². The molecular formula is C86H92Br5N25O5. The van der Waals surface area contributed by atoms with Gasteiger partial charge in [-0.05, 0) is 171 Å². The fourth-order valence-corrected chi connectivity index (χ4v) is 17.6. The summed E-state index contributed by atoms with van der Waals surface area (Å²) in [5.41, 5.74) is 14.7. The SMILES string of the molecule is Brc1cnn2c(NCc3cccnc3)cc(C3CCOC3)nc12.Brc1cnn2c(NCc3cccnc3)cc(C3CCOC3)nc12.CC1CCCCC1c1cc(NCc2ccc[n+]([O-])c2)n2ncc(Br)c2n1.CC1CCCCC1c1cc(NCc2cccnc2)n2ncc(Br)c2n1.[O-][n+]1cccc(CNc2cc(C3CCOC3)nc3c(Br)cnn23)c1. The maximum absolute atomic E-state index is 11.5. The average molecular weight is 1960 g/mol. The van der Waals surface area contributed by atoms with E-state index in [9.17, 15) is 10.4 Å². The smallest absolute Gasteiger partial charge is 0.185 e. The van der Waals surface area contributed by atoms with E-state index in [1.807, 2.05) is 91.4 Å². The van der Waals surface area contributed by atoms with Gasteiger partial charge in [-0.3, -0.25) is 15.0 Å². The molecule has 5 aliphatic rings. The molecule has 0 radical (unpaired) electrons. The highest BCUT2D eigenvalue weighted by Crippen LogP contribution is 2.41. The summed E-state index contributed by atoms with van der Waals surface area (Å²) < 4.78 is 31.6. The molecule has 0 bridgehead atoms. The number of fused-ring (bicyclic) bond motifs is 5. The van der Waals surface area contributed by atoms with E-state index in [0.717, 1.165) is 192 Å². The van der Waals surface area contributed by atoms with Crippen LogP contribution in [0.4, 0.5) is 29.1 Å². The van der Waals surface area contributed by atoms with Crippen LogP contribution in [0, 0.1) is 22.3 Å². The highest BCUT2D eigenvalue weighted by molar-refractivity contribution is 9.11. The third-order valence-corrected chi connectivity index (χ3v) is 25.3. The number of ether oxygens (including phenoxy) is 3. The summed E-state index contributed by atoms with van der Waals surface area (Å²) in [4.78, 5) is 36.5. The van der Waals surface area contributed by atoms with Crippen molar-refractivity contribution in [2.24, 2.45) is 11.8 Å². The van der Waals surface area contributed by atoms with E-state index in [4.69, 9.17) is 39.1 Å². The lowest BCUT2D eigenvalue weighted by Gasteiger charge is -2.28. The molecule has 18 heterocycles. The van der Waals surface area contributed by atoms with Crippen LogP contribution in [0.15, 0.2) is 206 Å². The van der Waals surface area contributed by atoms with Crippen LogP contribution in [0.3, 0.4) is 0 Å². The minimum Gasteiger partial charge on any atom is -0.619 e. The van der Waals surface area contributed by atoms with Gasteiger partial charge in [-0.15, -0.1) is 0 Å². The summed E-state index contributed by atoms with van der Waals surface area (Å²) in [6, 6.07) is 29.8. The van der Waals surface area contributed by atoms with Crippen molar-refractivity contribution in [1.29, 1.82) is 0 Å². The second-order valence-corrected chi connectivity index (χ2v) is 35.2. The lowest BCUT2D eigenvalue weighted by molar-refractivity contribution is -0.606. The van der Waals surface area contributed by atoms with Crippen LogP contribution in [-0.2, 0) is 46.9 Å². The van der Waals surface area contributed by atoms with Gasteiger partial charge < -0.3 is 51.2 Å². The quantitative estimate of drug-likeness (QED) is 0.0349. The van der Waals surface area contributed by atoms with Gasteiger partial charge in [-0.2, -0.15) is 57.5 Å². The molecule has 7 atom stereocenters. The zero-order valence-electron chi connectivity index (χ0n) is 66.8. The second-order valence-electron chi connectivity index (χ2n) is 30.9. The zero-order valence-corrected chi connectivity index (χ0v) is 74.7. The summed E-state index contributed by atoms with van der Waals surface area (Å²) in [7, 11) is 0. The largest absolute Gasteiger partial charge is 0.619 e. The number of hydrogen-bond donors (Lipinski definition) is 5. The molecule has 3 aliphatic heterocycles. The molecule has 3 saturated heterocycles. The minimum atomic E-state index is 0.304. The van der Waals surface area contributed by atoms with Gasteiger partial charge in [-0.1, -0.05) is 70.6 Å². The van der Waals surface area contributed by atoms with Crippen molar-refractivity contribution >= 4 is 137 Å². The molecule has 15 aromatic rings. The molecule has 0 spiro atoms. The van der Waals surface area contributed by atoms with Crippen molar-refractivity contribution in [3.63, 3.8) is 0 Å². The molecule has 5 N–H and O–H groups in total. The van der Waals surface area contributed by atoms with Crippen molar-refractivity contribution in [2.75, 3.05) is 66.2 Å². The van der Waals surface area contributed by atoms with Crippen molar-refractivity contribution < 1.29 is 23.7 Å². The maximum Gasteiger partial charge on any atom is 0.185 e. The van der Waals surface area contributed by atoms with E-state index >= 15 is 0 Å². The predicted molar refractivity (Wildman–Crippen MR) is 479 cm³/mol. The molecule has 0 amide bonds. The molecule has 0 aromatic carbocycles. The third kappa shape index (κ3) is 20.9. The maximum atomic E-state index is 11.5. The number of aromatic nitrogens is 20. The van der Waals surface area contributed by atoms with E-state index in [-0.39, 0.29) is 0 Å². The number of hydrogen-bond acceptors (Lipinski definition) is 23. The summed E-state index contributed by atoms with van der Waals surface area (Å²) in [5.74, 6) is 7.89. The fraction of sp³-hybridized carbons (Fsp3) is 0.360. The van der Waals surface area contributed by atoms with Gasteiger partial charge >= 0.3 is 0 Å². The predicted octanol–water partition coefficient (Wildman–Crippen LogP) is 17.1. The summed E-state index contributed by atoms with van der Waals surface area (Å²) in [6.07, 6.45) is 39.0. The number of pyridine rings is 5. The van der Waals surface area contributed by atoms with Crippen LogP contribution < -0.4 is 36.0 Å². The van der Waals surface area contributed by atoms with Crippen LogP contribution in [0.1, 0.15) is 170 Å². The Kier molecular flexibility index (Phi) is 28.0. The Morgan fingerprint density at radius 2 is 0.628 bits per heavy atom. The van der Waals surface area contributed by atoms with Gasteiger partial charge in [0.1, 0.15) is 29.1 Å². The van der Waals surface area contributed by atoms with Crippen LogP contribution in [0.25, 0.3) is 28.2 Å². The van der Waals surface area contributed by atoms with Crippen molar-refractivity contribution in [1.82, 2.24) is 87.9 Å². The molecule has 2 aliphatic carbocycles. The Labute approximate surface area is 740 Å². The van der Waals surface area contributed by atoms with Crippen LogP contribution in [0.5, 0.6) is 0 Å². The topological polar surface area (TPSA) is 331 Å². The van der Waals surface area contributed by atoms with Gasteiger partial charge in [0.05, 0.1) is 90.3 Å². The van der Waals surface area contributed by atoms with Gasteiger partial charge in [0.15, 0.2) is 53.0 Å². The van der Waals surface area contributed by atoms with E-state index < -0.39 is 0 Å². The number of anilines is 5. The third-order valence-electron chi connectivity index (χ3n) is 22.5. The van der Waals surface area contributed by atoms with Crippen LogP contribution in [-0.4, -0.2) is 128 Å². The number of nitrogens with one attached hydrogen (secondary N) is 5. The number of halogens is 5. The fourth-order valence-electron chi connectivity index (χ4n) is 15.9. The first kappa shape index (κ1) is 84.3. The first-order valence-electron chi connectivity index (χ1n) is 40.8. The van der Waals surface area contributed by atoms with Gasteiger partial charge in [0.25, 0.3) is 0 Å². The first-order valence-corrected chi connectivity index (χ1v) is 44.8. The second kappa shape index (κ2) is 40.2. The molecule has 35 heteroatoms. The minimum absolute atomic E-state index is 0.304. The molecule has 5 fully saturated rings. The molecule has 626 valence electrons. The van der Waals surface area contributed by atoms with Gasteiger partial charge in [0.2, 0.25) is 0 Å². The number of rotatable bonds is 20. The summed E-state index contributed by atoms with van der Waals surface area (Å²) in [6.45, 7) is 12.4. The first-order chi connectivity index (χ1) is 59.2. The summed E-state index contributed by atoms with van der Waals surface area (Å²) >= 11 is 17.7. The van der Waals surface area contributed by atoms with Gasteiger partial charge in [-0.25, -0.2) is 24.9 Å². The Bertz CT molecular complexity index is 5830. The normalized spacial score (nSPS) is 18.9. The summed E-state index contributed by atoms with van der Waals surface area (Å²) in [5, 5.41) is 62.1. The molecule has 121 heavy (non-hydrogen) atoms. The standard InChI is InChI=1S/C19H22BrN5O.C19H22BrN5.C16H16BrN5O2.2C16H16BrN5O/c1-13-5-2-3-7-15(13)17-9-18(25-19(23-17)16(20)11-22-25)21-10-14-6-4-8-24(26)12-14;1-13-5-2-3-7-15(13)17-9-18(22-11-14-6-4-8-21-10-14)25-19(24-17)16(20)12-23-25;17-13-8-19-22-15(18-7-11-2-1-4-21(23)9-11)6-14(20-16(13)22)12-3-5-24-10-12;2*17-13-9-20-22-15(19-8-11-2-1-4-18-7-11)6-14(21-16(13)22)12-3-5-23-10-12/h4,6,8-9,11-13,15,21H,2-3,5,7,10H2,1H3;4,6,8-10,12-13,15,22H,2-3,5,7,11H2,1H3;1-2,4,6,8-9,12,18H,3,5,7,10H2;2*1-2,4,6-7,9,12,19H,3,5,8,10H2. The number of nitrogens with zero attached hydrogens (tertiary/aromatic N) is 20. The van der Waals surface area contributed by atoms with Crippen LogP contribution >= 0.6 is 79.6 Å². The Morgan fingerprint density at radius 3 is 0.893 bits per heavy atom. The molecular weight excluding hydrogens is 1860 g/mol. The monoisotopic (exact) mass is 1950 g/mol. The molecule has 20 rings (SSSR count). The molecule has 2 saturated carbocycles. The lowest BCUT2D eigenvalue weighted by Crippen LogP contribution is -2.25. The van der Waals surface area contributed by atoms with Gasteiger partial charge in [0, 0.05) is 184 Å². The van der Waals surface area contributed by atoms with E-state index in [0.29, 0.717) is 80.8 Å². The Morgan fingerprint density at radius 1 is 0.355 bits per heavy atom. The molecule has 15 aromatic heterocycles. The average Bonchev–Trinajstić information content (AvgIpc) is 1.72. The Hall–Kier alpha value is -10.3. The highest BCUT2D eigenvalue weighted by atomic mass is 79.9. The van der Waals surface area contributed by atoms with Crippen molar-refractivity contribution in [3.05, 3.63) is 273 Å². The molecule has 30 nitrogen and oxygen atoms in total. The van der Waals surface area contributed by atoms with Crippen LogP contribution in [0.2, 0.25) is 0 Å². The Balaban J connectivity index is 0.000000112.